The molecule has 1 aromatic carbocycles. The summed E-state index contributed by atoms with van der Waals surface area (Å²) in [6.07, 6.45) is 6.00. The first-order valence-corrected chi connectivity index (χ1v) is 6.15. The zero-order valence-electron chi connectivity index (χ0n) is 8.88. The minimum absolute atomic E-state index is 0.581. The topological polar surface area (TPSA) is 23.5 Å². The molecule has 1 aliphatic heterocycles. The van der Waals surface area contributed by atoms with E-state index >= 15 is 0 Å². The molecule has 1 heterocycles. The standard InChI is InChI=1S/C13H14BrNO/c14-13(16)12-7-4-8-15(10-12)9-11-5-2-1-3-6-11/h1-7,10,13,16H,8-9H2. The summed E-state index contributed by atoms with van der Waals surface area (Å²) in [5.74, 6) is 0. The molecular formula is C13H14BrNO. The second-order valence-electron chi connectivity index (χ2n) is 3.78. The average molecular weight is 280 g/mol. The van der Waals surface area contributed by atoms with Crippen LogP contribution in [0.5, 0.6) is 0 Å². The number of alkyl halides is 1. The maximum atomic E-state index is 9.43. The van der Waals surface area contributed by atoms with Crippen molar-refractivity contribution >= 4 is 15.9 Å². The zero-order chi connectivity index (χ0) is 11.4. The van der Waals surface area contributed by atoms with Gasteiger partial charge in [-0.15, -0.1) is 0 Å². The van der Waals surface area contributed by atoms with E-state index in [1.165, 1.54) is 5.56 Å². The van der Waals surface area contributed by atoms with E-state index in [4.69, 9.17) is 0 Å². The third kappa shape index (κ3) is 2.97. The van der Waals surface area contributed by atoms with Gasteiger partial charge in [0.1, 0.15) is 5.01 Å². The normalized spacial score (nSPS) is 17.1. The van der Waals surface area contributed by atoms with E-state index in [-0.39, 0.29) is 0 Å². The van der Waals surface area contributed by atoms with E-state index < -0.39 is 5.01 Å². The summed E-state index contributed by atoms with van der Waals surface area (Å²) in [5.41, 5.74) is 2.17. The Balaban J connectivity index is 2.04. The molecule has 0 spiro atoms. The summed E-state index contributed by atoms with van der Waals surface area (Å²) in [4.78, 5) is 2.18. The lowest BCUT2D eigenvalue weighted by Crippen LogP contribution is -2.21. The van der Waals surface area contributed by atoms with E-state index in [9.17, 15) is 5.11 Å². The van der Waals surface area contributed by atoms with Crippen LogP contribution in [0, 0.1) is 0 Å². The highest BCUT2D eigenvalue weighted by molar-refractivity contribution is 9.09. The summed E-state index contributed by atoms with van der Waals surface area (Å²) >= 11 is 3.16. The van der Waals surface area contributed by atoms with Gasteiger partial charge in [-0.1, -0.05) is 58.4 Å². The smallest absolute Gasteiger partial charge is 0.135 e. The van der Waals surface area contributed by atoms with Gasteiger partial charge in [0, 0.05) is 24.9 Å². The Morgan fingerprint density at radius 2 is 2.06 bits per heavy atom. The number of rotatable bonds is 3. The first-order chi connectivity index (χ1) is 7.75. The highest BCUT2D eigenvalue weighted by Gasteiger charge is 2.10. The largest absolute Gasteiger partial charge is 0.377 e. The van der Waals surface area contributed by atoms with Crippen LogP contribution in [0.3, 0.4) is 0 Å². The van der Waals surface area contributed by atoms with Gasteiger partial charge in [-0.25, -0.2) is 0 Å². The number of hydrogen-bond donors (Lipinski definition) is 1. The van der Waals surface area contributed by atoms with Gasteiger partial charge in [-0.05, 0) is 5.56 Å². The molecule has 3 heteroatoms. The fourth-order valence-electron chi connectivity index (χ4n) is 1.70. The van der Waals surface area contributed by atoms with Crippen LogP contribution in [0.1, 0.15) is 5.56 Å². The highest BCUT2D eigenvalue weighted by Crippen LogP contribution is 2.17. The molecule has 0 saturated carbocycles. The van der Waals surface area contributed by atoms with Gasteiger partial charge < -0.3 is 10.0 Å². The highest BCUT2D eigenvalue weighted by atomic mass is 79.9. The summed E-state index contributed by atoms with van der Waals surface area (Å²) in [6, 6.07) is 10.3. The predicted octanol–water partition coefficient (Wildman–Crippen LogP) is 2.66. The number of nitrogens with zero attached hydrogens (tertiary/aromatic N) is 1. The summed E-state index contributed by atoms with van der Waals surface area (Å²) < 4.78 is 0. The zero-order valence-corrected chi connectivity index (χ0v) is 10.5. The van der Waals surface area contributed by atoms with Crippen LogP contribution in [-0.2, 0) is 6.54 Å². The summed E-state index contributed by atoms with van der Waals surface area (Å²) in [5, 5.41) is 8.85. The van der Waals surface area contributed by atoms with E-state index in [0.717, 1.165) is 18.7 Å². The maximum Gasteiger partial charge on any atom is 0.135 e. The molecule has 2 rings (SSSR count). The van der Waals surface area contributed by atoms with Crippen LogP contribution in [0.25, 0.3) is 0 Å². The molecule has 2 nitrogen and oxygen atoms in total. The lowest BCUT2D eigenvalue weighted by atomic mass is 10.1. The molecule has 1 aliphatic rings. The van der Waals surface area contributed by atoms with Crippen LogP contribution in [0.2, 0.25) is 0 Å². The lowest BCUT2D eigenvalue weighted by Gasteiger charge is -2.23. The van der Waals surface area contributed by atoms with E-state index in [2.05, 4.69) is 39.0 Å². The Morgan fingerprint density at radius 3 is 2.75 bits per heavy atom. The van der Waals surface area contributed by atoms with Crippen molar-refractivity contribution in [1.29, 1.82) is 0 Å². The molecule has 0 amide bonds. The van der Waals surface area contributed by atoms with E-state index in [1.807, 2.05) is 30.5 Å². The molecule has 1 N–H and O–H groups in total. The Kier molecular flexibility index (Phi) is 3.80. The van der Waals surface area contributed by atoms with Crippen molar-refractivity contribution in [3.8, 4) is 0 Å². The van der Waals surface area contributed by atoms with E-state index in [0.29, 0.717) is 0 Å². The Hall–Kier alpha value is -1.06. The van der Waals surface area contributed by atoms with Gasteiger partial charge in [-0.3, -0.25) is 0 Å². The van der Waals surface area contributed by atoms with Crippen molar-refractivity contribution < 1.29 is 5.11 Å². The molecule has 1 atom stereocenters. The monoisotopic (exact) mass is 279 g/mol. The summed E-state index contributed by atoms with van der Waals surface area (Å²) in [6.45, 7) is 1.76. The van der Waals surface area contributed by atoms with Gasteiger partial charge in [0.2, 0.25) is 0 Å². The number of aliphatic hydroxyl groups is 1. The Bertz CT molecular complexity index is 398. The lowest BCUT2D eigenvalue weighted by molar-refractivity contribution is 0.299. The predicted molar refractivity (Wildman–Crippen MR) is 69.0 cm³/mol. The molecule has 84 valence electrons. The number of hydrogen-bond acceptors (Lipinski definition) is 2. The van der Waals surface area contributed by atoms with E-state index in [1.54, 1.807) is 0 Å². The Morgan fingerprint density at radius 1 is 1.31 bits per heavy atom. The quantitative estimate of drug-likeness (QED) is 0.860. The van der Waals surface area contributed by atoms with Crippen molar-refractivity contribution in [3.05, 3.63) is 59.8 Å². The molecule has 1 unspecified atom stereocenters. The minimum Gasteiger partial charge on any atom is -0.377 e. The minimum atomic E-state index is -0.581. The second-order valence-corrected chi connectivity index (χ2v) is 4.65. The molecule has 0 fully saturated rings. The molecule has 0 aromatic heterocycles. The van der Waals surface area contributed by atoms with Gasteiger partial charge in [0.25, 0.3) is 0 Å². The SMILES string of the molecule is OC(Br)C1=CN(Cc2ccccc2)CC=C1. The third-order valence-electron chi connectivity index (χ3n) is 2.49. The number of aliphatic hydroxyl groups excluding tert-OH is 1. The fourth-order valence-corrected chi connectivity index (χ4v) is 1.97. The number of benzene rings is 1. The van der Waals surface area contributed by atoms with Crippen molar-refractivity contribution in [2.75, 3.05) is 6.54 Å². The number of halogens is 1. The molecule has 0 bridgehead atoms. The Labute approximate surface area is 104 Å². The molecule has 16 heavy (non-hydrogen) atoms. The van der Waals surface area contributed by atoms with Crippen LogP contribution < -0.4 is 0 Å². The van der Waals surface area contributed by atoms with Crippen molar-refractivity contribution in [2.45, 2.75) is 11.6 Å². The van der Waals surface area contributed by atoms with Gasteiger partial charge in [0.15, 0.2) is 0 Å². The van der Waals surface area contributed by atoms with Gasteiger partial charge >= 0.3 is 0 Å². The maximum absolute atomic E-state index is 9.43. The van der Waals surface area contributed by atoms with Gasteiger partial charge in [0.05, 0.1) is 0 Å². The van der Waals surface area contributed by atoms with Crippen LogP contribution in [0.4, 0.5) is 0 Å². The third-order valence-corrected chi connectivity index (χ3v) is 3.01. The average Bonchev–Trinajstić information content (AvgIpc) is 2.30. The molecule has 1 aromatic rings. The van der Waals surface area contributed by atoms with Crippen molar-refractivity contribution in [2.24, 2.45) is 0 Å². The van der Waals surface area contributed by atoms with Gasteiger partial charge in [-0.2, -0.15) is 0 Å². The molecule has 0 aliphatic carbocycles. The molecule has 0 saturated heterocycles. The summed E-state index contributed by atoms with van der Waals surface area (Å²) in [7, 11) is 0. The van der Waals surface area contributed by atoms with Crippen LogP contribution >= 0.6 is 15.9 Å². The van der Waals surface area contributed by atoms with Crippen LogP contribution in [-0.4, -0.2) is 21.6 Å². The first-order valence-electron chi connectivity index (χ1n) is 5.24. The second kappa shape index (κ2) is 5.32. The van der Waals surface area contributed by atoms with Crippen molar-refractivity contribution in [3.63, 3.8) is 0 Å². The molecule has 0 radical (unpaired) electrons. The van der Waals surface area contributed by atoms with Crippen molar-refractivity contribution in [1.82, 2.24) is 4.90 Å². The van der Waals surface area contributed by atoms with Crippen LogP contribution in [0.15, 0.2) is 54.3 Å². The first kappa shape index (κ1) is 11.4. The fraction of sp³-hybridized carbons (Fsp3) is 0.231. The molecular weight excluding hydrogens is 266 g/mol.